The lowest BCUT2D eigenvalue weighted by Crippen LogP contribution is -1.86. The molecule has 3 heteroatoms. The van der Waals surface area contributed by atoms with Gasteiger partial charge in [-0.2, -0.15) is 5.26 Å². The van der Waals surface area contributed by atoms with E-state index in [9.17, 15) is 4.39 Å². The van der Waals surface area contributed by atoms with Crippen LogP contribution in [-0.2, 0) is 0 Å². The van der Waals surface area contributed by atoms with Crippen molar-refractivity contribution in [2.24, 2.45) is 0 Å². The first-order valence-electron chi connectivity index (χ1n) is 4.09. The lowest BCUT2D eigenvalue weighted by atomic mass is 10.1. The summed E-state index contributed by atoms with van der Waals surface area (Å²) in [5, 5.41) is 8.99. The van der Waals surface area contributed by atoms with E-state index in [1.807, 2.05) is 6.07 Å². The van der Waals surface area contributed by atoms with Crippen molar-refractivity contribution < 1.29 is 4.39 Å². The first-order valence-corrected chi connectivity index (χ1v) is 4.47. The van der Waals surface area contributed by atoms with E-state index in [1.165, 1.54) is 6.07 Å². The molecule has 0 aliphatic rings. The number of nitrogens with zero attached hydrogens (tertiary/aromatic N) is 1. The second-order valence-corrected chi connectivity index (χ2v) is 3.39. The average molecular weight is 210 g/mol. The third kappa shape index (κ3) is 2.12. The summed E-state index contributed by atoms with van der Waals surface area (Å²) in [6, 6.07) is 6.48. The van der Waals surface area contributed by atoms with Gasteiger partial charge in [0.15, 0.2) is 0 Å². The zero-order valence-electron chi connectivity index (χ0n) is 7.94. The fraction of sp³-hybridized carbons (Fsp3) is 0.182. The molecule has 0 N–H and O–H groups in total. The highest BCUT2D eigenvalue weighted by Gasteiger charge is 2.04. The number of nitriles is 1. The molecule has 0 bridgehead atoms. The number of hydrogen-bond acceptors (Lipinski definition) is 1. The van der Waals surface area contributed by atoms with Crippen molar-refractivity contribution in [3.63, 3.8) is 0 Å². The molecule has 0 atom stereocenters. The maximum Gasteiger partial charge on any atom is 0.126 e. The van der Waals surface area contributed by atoms with Crippen LogP contribution >= 0.6 is 11.6 Å². The highest BCUT2D eigenvalue weighted by Crippen LogP contribution is 2.24. The van der Waals surface area contributed by atoms with Crippen LogP contribution in [0.2, 0.25) is 0 Å². The second-order valence-electron chi connectivity index (χ2n) is 3.01. The van der Waals surface area contributed by atoms with Crippen LogP contribution in [0.25, 0.3) is 5.03 Å². The van der Waals surface area contributed by atoms with Crippen LogP contribution in [0.1, 0.15) is 18.1 Å². The van der Waals surface area contributed by atoms with Gasteiger partial charge in [0, 0.05) is 5.57 Å². The largest absolute Gasteiger partial charge is 0.207 e. The normalized spacial score (nSPS) is 11.9. The average Bonchev–Trinajstić information content (AvgIpc) is 2.20. The first kappa shape index (κ1) is 10.7. The summed E-state index contributed by atoms with van der Waals surface area (Å²) in [6.07, 6.45) is 0. The van der Waals surface area contributed by atoms with Crippen molar-refractivity contribution in [2.45, 2.75) is 13.8 Å². The summed E-state index contributed by atoms with van der Waals surface area (Å²) in [6.45, 7) is 3.28. The number of rotatable bonds is 1. The first-order chi connectivity index (χ1) is 6.56. The maximum atomic E-state index is 12.9. The molecule has 1 aromatic rings. The van der Waals surface area contributed by atoms with Gasteiger partial charge in [-0.1, -0.05) is 17.7 Å². The number of aryl methyl sites for hydroxylation is 1. The van der Waals surface area contributed by atoms with Gasteiger partial charge in [0.05, 0.1) is 11.1 Å². The van der Waals surface area contributed by atoms with Gasteiger partial charge in [0.2, 0.25) is 0 Å². The Morgan fingerprint density at radius 2 is 2.14 bits per heavy atom. The molecule has 1 rings (SSSR count). The van der Waals surface area contributed by atoms with E-state index >= 15 is 0 Å². The Morgan fingerprint density at radius 3 is 2.64 bits per heavy atom. The Balaban J connectivity index is 3.24. The van der Waals surface area contributed by atoms with E-state index < -0.39 is 0 Å². The molecule has 0 aromatic heterocycles. The molecule has 0 amide bonds. The summed E-state index contributed by atoms with van der Waals surface area (Å²) < 4.78 is 12.9. The van der Waals surface area contributed by atoms with Crippen molar-refractivity contribution in [2.75, 3.05) is 0 Å². The lowest BCUT2D eigenvalue weighted by molar-refractivity contribution is 0.618. The molecule has 0 unspecified atom stereocenters. The smallest absolute Gasteiger partial charge is 0.126 e. The molecule has 0 saturated heterocycles. The summed E-state index contributed by atoms with van der Waals surface area (Å²) in [5.74, 6) is -0.271. The van der Waals surface area contributed by atoms with E-state index in [-0.39, 0.29) is 5.82 Å². The SMILES string of the molecule is C/C(C#N)=C(/Cl)c1ccc(F)c(C)c1. The van der Waals surface area contributed by atoms with Gasteiger partial charge in [-0.05, 0) is 37.1 Å². The van der Waals surface area contributed by atoms with Gasteiger partial charge < -0.3 is 0 Å². The Bertz CT molecular complexity index is 429. The maximum absolute atomic E-state index is 12.9. The molecule has 0 aliphatic carbocycles. The third-order valence-corrected chi connectivity index (χ3v) is 2.41. The van der Waals surface area contributed by atoms with Gasteiger partial charge in [0.25, 0.3) is 0 Å². The molecule has 0 spiro atoms. The van der Waals surface area contributed by atoms with Crippen LogP contribution < -0.4 is 0 Å². The van der Waals surface area contributed by atoms with Gasteiger partial charge in [-0.25, -0.2) is 4.39 Å². The fourth-order valence-corrected chi connectivity index (χ4v) is 1.21. The number of allylic oxidation sites excluding steroid dienone is 1. The minimum absolute atomic E-state index is 0.271. The quantitative estimate of drug-likeness (QED) is 0.648. The van der Waals surface area contributed by atoms with E-state index in [2.05, 4.69) is 0 Å². The van der Waals surface area contributed by atoms with Crippen LogP contribution in [0.4, 0.5) is 4.39 Å². The van der Waals surface area contributed by atoms with E-state index in [4.69, 9.17) is 16.9 Å². The molecule has 0 radical (unpaired) electrons. The summed E-state index contributed by atoms with van der Waals surface area (Å²) in [7, 11) is 0. The highest BCUT2D eigenvalue weighted by molar-refractivity contribution is 6.49. The Hall–Kier alpha value is -1.33. The van der Waals surface area contributed by atoms with Crippen LogP contribution in [0, 0.1) is 24.1 Å². The van der Waals surface area contributed by atoms with Crippen molar-refractivity contribution >= 4 is 16.6 Å². The monoisotopic (exact) mass is 209 g/mol. The van der Waals surface area contributed by atoms with Crippen LogP contribution in [-0.4, -0.2) is 0 Å². The molecule has 14 heavy (non-hydrogen) atoms. The molecule has 0 saturated carbocycles. The van der Waals surface area contributed by atoms with Crippen molar-refractivity contribution in [3.05, 3.63) is 40.7 Å². The predicted molar refractivity (Wildman–Crippen MR) is 55.2 cm³/mol. The zero-order valence-corrected chi connectivity index (χ0v) is 8.69. The number of halogens is 2. The minimum atomic E-state index is -0.271. The Kier molecular flexibility index (Phi) is 3.27. The standard InChI is InChI=1S/C11H9ClFN/c1-7-5-9(3-4-10(7)13)11(12)8(2)6-14/h3-5H,1-2H3/b11-8-. The fourth-order valence-electron chi connectivity index (χ4n) is 1.05. The summed E-state index contributed by atoms with van der Waals surface area (Å²) in [4.78, 5) is 0. The molecule has 0 heterocycles. The molecule has 1 nitrogen and oxygen atoms in total. The highest BCUT2D eigenvalue weighted by atomic mass is 35.5. The van der Waals surface area contributed by atoms with E-state index in [0.717, 1.165) is 0 Å². The lowest BCUT2D eigenvalue weighted by Gasteiger charge is -2.02. The van der Waals surface area contributed by atoms with E-state index in [1.54, 1.807) is 26.0 Å². The van der Waals surface area contributed by atoms with Crippen molar-refractivity contribution in [1.82, 2.24) is 0 Å². The van der Waals surface area contributed by atoms with Crippen LogP contribution in [0.3, 0.4) is 0 Å². The Morgan fingerprint density at radius 1 is 1.50 bits per heavy atom. The summed E-state index contributed by atoms with van der Waals surface area (Å²) in [5.41, 5.74) is 1.62. The Labute approximate surface area is 87.4 Å². The second kappa shape index (κ2) is 4.26. The van der Waals surface area contributed by atoms with Gasteiger partial charge in [0.1, 0.15) is 5.82 Å². The predicted octanol–water partition coefficient (Wildman–Crippen LogP) is 3.63. The molecule has 1 aromatic carbocycles. The van der Waals surface area contributed by atoms with Crippen molar-refractivity contribution in [1.29, 1.82) is 5.26 Å². The minimum Gasteiger partial charge on any atom is -0.207 e. The summed E-state index contributed by atoms with van der Waals surface area (Å²) >= 11 is 5.92. The zero-order chi connectivity index (χ0) is 10.7. The third-order valence-electron chi connectivity index (χ3n) is 1.91. The molecule has 0 fully saturated rings. The van der Waals surface area contributed by atoms with Gasteiger partial charge in [-0.15, -0.1) is 0 Å². The molecular formula is C11H9ClFN. The topological polar surface area (TPSA) is 23.8 Å². The van der Waals surface area contributed by atoms with Gasteiger partial charge in [-0.3, -0.25) is 0 Å². The number of hydrogen-bond donors (Lipinski definition) is 0. The molecule has 72 valence electrons. The van der Waals surface area contributed by atoms with Crippen LogP contribution in [0.15, 0.2) is 23.8 Å². The molecular weight excluding hydrogens is 201 g/mol. The number of benzene rings is 1. The van der Waals surface area contributed by atoms with E-state index in [0.29, 0.717) is 21.7 Å². The van der Waals surface area contributed by atoms with Crippen LogP contribution in [0.5, 0.6) is 0 Å². The van der Waals surface area contributed by atoms with Crippen molar-refractivity contribution in [3.8, 4) is 6.07 Å². The molecule has 0 aliphatic heterocycles. The van der Waals surface area contributed by atoms with Gasteiger partial charge >= 0.3 is 0 Å².